The van der Waals surface area contributed by atoms with E-state index in [1.807, 2.05) is 6.07 Å². The molecule has 1 heterocycles. The SMILES string of the molecule is Cc1cc(N(Cc2ccsc2)C2CC2)ccc1N. The molecule has 1 fully saturated rings. The lowest BCUT2D eigenvalue weighted by atomic mass is 10.1. The molecule has 0 aliphatic heterocycles. The zero-order valence-corrected chi connectivity index (χ0v) is 11.4. The summed E-state index contributed by atoms with van der Waals surface area (Å²) in [6.07, 6.45) is 2.63. The molecule has 0 atom stereocenters. The molecule has 0 saturated heterocycles. The summed E-state index contributed by atoms with van der Waals surface area (Å²) in [6, 6.07) is 9.30. The van der Waals surface area contributed by atoms with Crippen LogP contribution in [0.1, 0.15) is 24.0 Å². The highest BCUT2D eigenvalue weighted by molar-refractivity contribution is 7.07. The molecule has 0 amide bonds. The van der Waals surface area contributed by atoms with E-state index in [-0.39, 0.29) is 0 Å². The maximum Gasteiger partial charge on any atom is 0.0440 e. The Labute approximate surface area is 112 Å². The second-order valence-electron chi connectivity index (χ2n) is 5.03. The quantitative estimate of drug-likeness (QED) is 0.845. The first-order chi connectivity index (χ1) is 8.74. The van der Waals surface area contributed by atoms with Crippen LogP contribution in [0, 0.1) is 6.92 Å². The van der Waals surface area contributed by atoms with E-state index >= 15 is 0 Å². The summed E-state index contributed by atoms with van der Waals surface area (Å²) in [6.45, 7) is 3.09. The molecule has 1 aromatic heterocycles. The van der Waals surface area contributed by atoms with E-state index in [0.29, 0.717) is 6.04 Å². The third-order valence-corrected chi connectivity index (χ3v) is 4.24. The zero-order valence-electron chi connectivity index (χ0n) is 10.6. The first-order valence-electron chi connectivity index (χ1n) is 6.38. The fourth-order valence-corrected chi connectivity index (χ4v) is 2.90. The molecule has 3 rings (SSSR count). The average molecular weight is 258 g/mol. The number of hydrogen-bond donors (Lipinski definition) is 1. The molecule has 2 nitrogen and oxygen atoms in total. The van der Waals surface area contributed by atoms with Crippen LogP contribution in [0.4, 0.5) is 11.4 Å². The molecule has 1 aromatic carbocycles. The summed E-state index contributed by atoms with van der Waals surface area (Å²) in [5, 5.41) is 4.38. The lowest BCUT2D eigenvalue weighted by Crippen LogP contribution is -2.24. The zero-order chi connectivity index (χ0) is 12.5. The van der Waals surface area contributed by atoms with Crippen LogP contribution in [-0.2, 0) is 6.54 Å². The lowest BCUT2D eigenvalue weighted by Gasteiger charge is -2.25. The van der Waals surface area contributed by atoms with Crippen molar-refractivity contribution in [3.8, 4) is 0 Å². The molecule has 0 unspecified atom stereocenters. The standard InChI is InChI=1S/C15H18N2S/c1-11-8-14(4-5-15(11)16)17(13-2-3-13)9-12-6-7-18-10-12/h4-8,10,13H,2-3,9,16H2,1H3. The number of hydrogen-bond acceptors (Lipinski definition) is 3. The van der Waals surface area contributed by atoms with Gasteiger partial charge in [-0.1, -0.05) is 0 Å². The van der Waals surface area contributed by atoms with Gasteiger partial charge in [0.05, 0.1) is 0 Å². The fourth-order valence-electron chi connectivity index (χ4n) is 2.24. The predicted octanol–water partition coefficient (Wildman–Crippen LogP) is 3.81. The minimum atomic E-state index is 0.716. The highest BCUT2D eigenvalue weighted by Crippen LogP contribution is 2.34. The molecule has 0 radical (unpaired) electrons. The Morgan fingerprint density at radius 3 is 2.78 bits per heavy atom. The molecule has 0 bridgehead atoms. The number of nitrogens with zero attached hydrogens (tertiary/aromatic N) is 1. The van der Waals surface area contributed by atoms with Gasteiger partial charge in [-0.15, -0.1) is 0 Å². The van der Waals surface area contributed by atoms with Gasteiger partial charge in [0.25, 0.3) is 0 Å². The first-order valence-corrected chi connectivity index (χ1v) is 7.32. The van der Waals surface area contributed by atoms with Crippen molar-refractivity contribution in [1.82, 2.24) is 0 Å². The molecule has 0 spiro atoms. The lowest BCUT2D eigenvalue weighted by molar-refractivity contribution is 0.796. The smallest absolute Gasteiger partial charge is 0.0440 e. The molecule has 94 valence electrons. The molecular formula is C15H18N2S. The van der Waals surface area contributed by atoms with Crippen molar-refractivity contribution < 1.29 is 0 Å². The van der Waals surface area contributed by atoms with Gasteiger partial charge >= 0.3 is 0 Å². The topological polar surface area (TPSA) is 29.3 Å². The molecular weight excluding hydrogens is 240 g/mol. The van der Waals surface area contributed by atoms with Gasteiger partial charge in [-0.05, 0) is 65.9 Å². The highest BCUT2D eigenvalue weighted by Gasteiger charge is 2.29. The molecule has 2 aromatic rings. The third kappa shape index (κ3) is 2.36. The van der Waals surface area contributed by atoms with E-state index in [1.54, 1.807) is 11.3 Å². The van der Waals surface area contributed by atoms with Crippen LogP contribution < -0.4 is 10.6 Å². The van der Waals surface area contributed by atoms with Crippen LogP contribution in [0.25, 0.3) is 0 Å². The Morgan fingerprint density at radius 1 is 1.33 bits per heavy atom. The second-order valence-corrected chi connectivity index (χ2v) is 5.81. The van der Waals surface area contributed by atoms with Gasteiger partial charge in [-0.25, -0.2) is 0 Å². The number of nitrogen functional groups attached to an aromatic ring is 1. The van der Waals surface area contributed by atoms with Gasteiger partial charge in [0.2, 0.25) is 0 Å². The van der Waals surface area contributed by atoms with Crippen molar-refractivity contribution in [3.05, 3.63) is 46.2 Å². The van der Waals surface area contributed by atoms with Gasteiger partial charge in [-0.3, -0.25) is 0 Å². The van der Waals surface area contributed by atoms with Gasteiger partial charge in [0.15, 0.2) is 0 Å². The summed E-state index contributed by atoms with van der Waals surface area (Å²) < 4.78 is 0. The highest BCUT2D eigenvalue weighted by atomic mass is 32.1. The number of benzene rings is 1. The van der Waals surface area contributed by atoms with Crippen molar-refractivity contribution >= 4 is 22.7 Å². The number of aryl methyl sites for hydroxylation is 1. The van der Waals surface area contributed by atoms with Crippen LogP contribution in [0.2, 0.25) is 0 Å². The van der Waals surface area contributed by atoms with Gasteiger partial charge in [0, 0.05) is 24.0 Å². The van der Waals surface area contributed by atoms with Crippen LogP contribution >= 0.6 is 11.3 Å². The Balaban J connectivity index is 1.86. The monoisotopic (exact) mass is 258 g/mol. The van der Waals surface area contributed by atoms with E-state index in [0.717, 1.165) is 12.2 Å². The number of thiophene rings is 1. The Bertz CT molecular complexity index is 529. The molecule has 18 heavy (non-hydrogen) atoms. The minimum Gasteiger partial charge on any atom is -0.399 e. The summed E-state index contributed by atoms with van der Waals surface area (Å²) in [5.74, 6) is 0. The number of nitrogens with two attached hydrogens (primary N) is 1. The van der Waals surface area contributed by atoms with E-state index < -0.39 is 0 Å². The van der Waals surface area contributed by atoms with Crippen molar-refractivity contribution in [2.75, 3.05) is 10.6 Å². The van der Waals surface area contributed by atoms with E-state index in [1.165, 1.54) is 29.7 Å². The summed E-state index contributed by atoms with van der Waals surface area (Å²) in [7, 11) is 0. The maximum absolute atomic E-state index is 5.90. The van der Waals surface area contributed by atoms with Gasteiger partial charge in [-0.2, -0.15) is 11.3 Å². The fraction of sp³-hybridized carbons (Fsp3) is 0.333. The maximum atomic E-state index is 5.90. The van der Waals surface area contributed by atoms with E-state index in [9.17, 15) is 0 Å². The number of anilines is 2. The van der Waals surface area contributed by atoms with Gasteiger partial charge < -0.3 is 10.6 Å². The molecule has 2 N–H and O–H groups in total. The summed E-state index contributed by atoms with van der Waals surface area (Å²) in [4.78, 5) is 2.51. The molecule has 1 aliphatic carbocycles. The minimum absolute atomic E-state index is 0.716. The van der Waals surface area contributed by atoms with Crippen LogP contribution in [0.5, 0.6) is 0 Å². The van der Waals surface area contributed by atoms with Crippen LogP contribution in [0.3, 0.4) is 0 Å². The second kappa shape index (κ2) is 4.65. The van der Waals surface area contributed by atoms with Gasteiger partial charge in [0.1, 0.15) is 0 Å². The average Bonchev–Trinajstić information content (AvgIpc) is 3.07. The van der Waals surface area contributed by atoms with E-state index in [2.05, 4.69) is 40.8 Å². The van der Waals surface area contributed by atoms with Crippen LogP contribution in [0.15, 0.2) is 35.0 Å². The van der Waals surface area contributed by atoms with Crippen molar-refractivity contribution in [2.24, 2.45) is 0 Å². The first kappa shape index (κ1) is 11.6. The summed E-state index contributed by atoms with van der Waals surface area (Å²) >= 11 is 1.77. The summed E-state index contributed by atoms with van der Waals surface area (Å²) in [5.41, 5.74) is 10.7. The molecule has 3 heteroatoms. The van der Waals surface area contributed by atoms with Crippen LogP contribution in [-0.4, -0.2) is 6.04 Å². The Kier molecular flexibility index (Phi) is 3.00. The molecule has 1 aliphatic rings. The Hall–Kier alpha value is -1.48. The van der Waals surface area contributed by atoms with Crippen molar-refractivity contribution in [1.29, 1.82) is 0 Å². The van der Waals surface area contributed by atoms with Crippen molar-refractivity contribution in [3.63, 3.8) is 0 Å². The van der Waals surface area contributed by atoms with E-state index in [4.69, 9.17) is 5.73 Å². The van der Waals surface area contributed by atoms with Crippen molar-refractivity contribution in [2.45, 2.75) is 32.4 Å². The number of rotatable bonds is 4. The molecule has 1 saturated carbocycles. The normalized spacial score (nSPS) is 14.7. The predicted molar refractivity (Wildman–Crippen MR) is 79.1 cm³/mol. The Morgan fingerprint density at radius 2 is 2.17 bits per heavy atom. The third-order valence-electron chi connectivity index (χ3n) is 3.51. The largest absolute Gasteiger partial charge is 0.399 e.